The van der Waals surface area contributed by atoms with Gasteiger partial charge in [0.25, 0.3) is 0 Å². The highest BCUT2D eigenvalue weighted by atomic mass is 127. The SMILES string of the molecule is O=C(O)N(C/C=C/C(=O)N1CCCC1)CCOc1ccc(I)cn1. The minimum Gasteiger partial charge on any atom is -0.476 e. The van der Waals surface area contributed by atoms with Gasteiger partial charge in [-0.3, -0.25) is 4.79 Å². The van der Waals surface area contributed by atoms with E-state index in [0.717, 1.165) is 29.5 Å². The van der Waals surface area contributed by atoms with E-state index in [1.807, 2.05) is 6.07 Å². The lowest BCUT2D eigenvalue weighted by Gasteiger charge is -2.17. The van der Waals surface area contributed by atoms with Crippen LogP contribution in [0, 0.1) is 3.57 Å². The van der Waals surface area contributed by atoms with Gasteiger partial charge in [-0.25, -0.2) is 9.78 Å². The van der Waals surface area contributed by atoms with Crippen LogP contribution in [0.25, 0.3) is 0 Å². The molecule has 2 amide bonds. The third kappa shape index (κ3) is 5.99. The van der Waals surface area contributed by atoms with Gasteiger partial charge >= 0.3 is 6.09 Å². The number of carboxylic acid groups (broad SMARTS) is 1. The standard InChI is InChI=1S/C16H20IN3O4/c17-13-5-6-14(18-12-13)24-11-10-20(16(22)23)9-3-4-15(21)19-7-1-2-8-19/h3-6,12H,1-2,7-11H2,(H,22,23)/b4-3+. The first-order chi connectivity index (χ1) is 11.6. The third-order valence-electron chi connectivity index (χ3n) is 3.59. The van der Waals surface area contributed by atoms with Crippen molar-refractivity contribution in [3.8, 4) is 5.88 Å². The van der Waals surface area contributed by atoms with Gasteiger partial charge in [-0.05, 0) is 41.5 Å². The molecule has 1 N–H and O–H groups in total. The summed E-state index contributed by atoms with van der Waals surface area (Å²) in [6, 6.07) is 3.60. The quantitative estimate of drug-likeness (QED) is 0.514. The molecule has 2 rings (SSSR count). The summed E-state index contributed by atoms with van der Waals surface area (Å²) in [5.41, 5.74) is 0. The Morgan fingerprint density at radius 3 is 2.75 bits per heavy atom. The number of aromatic nitrogens is 1. The van der Waals surface area contributed by atoms with Crippen molar-refractivity contribution >= 4 is 34.6 Å². The predicted molar refractivity (Wildman–Crippen MR) is 97.0 cm³/mol. The van der Waals surface area contributed by atoms with Gasteiger partial charge in [0.2, 0.25) is 11.8 Å². The molecule has 2 heterocycles. The molecule has 0 spiro atoms. The Morgan fingerprint density at radius 2 is 2.12 bits per heavy atom. The summed E-state index contributed by atoms with van der Waals surface area (Å²) in [6.45, 7) is 2.11. The molecule has 24 heavy (non-hydrogen) atoms. The highest BCUT2D eigenvalue weighted by Gasteiger charge is 2.15. The lowest BCUT2D eigenvalue weighted by atomic mass is 10.4. The molecule has 0 aromatic carbocycles. The summed E-state index contributed by atoms with van der Waals surface area (Å²) in [7, 11) is 0. The fraction of sp³-hybridized carbons (Fsp3) is 0.438. The number of pyridine rings is 1. The molecule has 1 aromatic heterocycles. The van der Waals surface area contributed by atoms with Crippen molar-refractivity contribution in [1.82, 2.24) is 14.8 Å². The highest BCUT2D eigenvalue weighted by Crippen LogP contribution is 2.09. The number of amides is 2. The number of nitrogens with zero attached hydrogens (tertiary/aromatic N) is 3. The first-order valence-corrected chi connectivity index (χ1v) is 8.82. The summed E-state index contributed by atoms with van der Waals surface area (Å²) >= 11 is 2.15. The molecule has 0 atom stereocenters. The minimum absolute atomic E-state index is 0.0582. The maximum Gasteiger partial charge on any atom is 0.407 e. The van der Waals surface area contributed by atoms with Crippen molar-refractivity contribution in [1.29, 1.82) is 0 Å². The lowest BCUT2D eigenvalue weighted by Crippen LogP contribution is -2.34. The van der Waals surface area contributed by atoms with E-state index in [2.05, 4.69) is 27.6 Å². The molecule has 0 bridgehead atoms. The molecule has 1 aliphatic rings. The van der Waals surface area contributed by atoms with Crippen LogP contribution < -0.4 is 4.74 Å². The zero-order valence-corrected chi connectivity index (χ0v) is 15.4. The zero-order valence-electron chi connectivity index (χ0n) is 13.2. The average Bonchev–Trinajstić information content (AvgIpc) is 3.09. The number of rotatable bonds is 7. The highest BCUT2D eigenvalue weighted by molar-refractivity contribution is 14.1. The van der Waals surface area contributed by atoms with E-state index in [1.54, 1.807) is 23.2 Å². The summed E-state index contributed by atoms with van der Waals surface area (Å²) in [4.78, 5) is 30.2. The van der Waals surface area contributed by atoms with Crippen molar-refractivity contribution in [2.75, 3.05) is 32.8 Å². The van der Waals surface area contributed by atoms with Crippen LogP contribution in [0.4, 0.5) is 4.79 Å². The molecule has 0 saturated carbocycles. The molecule has 1 aliphatic heterocycles. The topological polar surface area (TPSA) is 83.0 Å². The number of likely N-dealkylation sites (tertiary alicyclic amines) is 1. The minimum atomic E-state index is -1.05. The Hall–Kier alpha value is -1.84. The van der Waals surface area contributed by atoms with Crippen LogP contribution in [0.1, 0.15) is 12.8 Å². The van der Waals surface area contributed by atoms with Gasteiger partial charge in [0, 0.05) is 41.5 Å². The molecule has 0 unspecified atom stereocenters. The predicted octanol–water partition coefficient (Wildman–Crippen LogP) is 2.22. The summed E-state index contributed by atoms with van der Waals surface area (Å²) < 4.78 is 6.43. The molecule has 7 nitrogen and oxygen atoms in total. The van der Waals surface area contributed by atoms with Crippen molar-refractivity contribution in [2.45, 2.75) is 12.8 Å². The van der Waals surface area contributed by atoms with Crippen molar-refractivity contribution in [2.24, 2.45) is 0 Å². The molecule has 1 fully saturated rings. The molecule has 1 aromatic rings. The number of carbonyl (C=O) groups is 2. The Morgan fingerprint density at radius 1 is 1.38 bits per heavy atom. The van der Waals surface area contributed by atoms with Crippen LogP contribution in [-0.2, 0) is 4.79 Å². The maximum absolute atomic E-state index is 11.9. The van der Waals surface area contributed by atoms with E-state index >= 15 is 0 Å². The monoisotopic (exact) mass is 445 g/mol. The number of ether oxygens (including phenoxy) is 1. The Labute approximate surface area is 154 Å². The van der Waals surface area contributed by atoms with E-state index in [-0.39, 0.29) is 25.6 Å². The fourth-order valence-corrected chi connectivity index (χ4v) is 2.62. The molecular weight excluding hydrogens is 425 g/mol. The van der Waals surface area contributed by atoms with Gasteiger partial charge < -0.3 is 19.6 Å². The first kappa shape index (κ1) is 18.5. The van der Waals surface area contributed by atoms with E-state index in [1.165, 1.54) is 11.0 Å². The number of halogens is 1. The second-order valence-corrected chi connectivity index (χ2v) is 6.57. The fourth-order valence-electron chi connectivity index (χ4n) is 2.30. The van der Waals surface area contributed by atoms with Gasteiger partial charge in [0.15, 0.2) is 0 Å². The maximum atomic E-state index is 11.9. The summed E-state index contributed by atoms with van der Waals surface area (Å²) in [6.07, 6.45) is 5.72. The smallest absolute Gasteiger partial charge is 0.407 e. The zero-order chi connectivity index (χ0) is 17.4. The van der Waals surface area contributed by atoms with Crippen LogP contribution in [0.2, 0.25) is 0 Å². The first-order valence-electron chi connectivity index (χ1n) is 7.74. The number of hydrogen-bond donors (Lipinski definition) is 1. The van der Waals surface area contributed by atoms with E-state index in [0.29, 0.717) is 5.88 Å². The largest absolute Gasteiger partial charge is 0.476 e. The molecule has 130 valence electrons. The van der Waals surface area contributed by atoms with Gasteiger partial charge in [0.05, 0.1) is 6.54 Å². The van der Waals surface area contributed by atoms with Gasteiger partial charge in [-0.1, -0.05) is 6.08 Å². The molecular formula is C16H20IN3O4. The van der Waals surface area contributed by atoms with E-state index in [4.69, 9.17) is 4.74 Å². The van der Waals surface area contributed by atoms with Crippen LogP contribution in [0.5, 0.6) is 5.88 Å². The second kappa shape index (κ2) is 9.45. The van der Waals surface area contributed by atoms with Crippen LogP contribution in [0.15, 0.2) is 30.5 Å². The molecule has 8 heteroatoms. The Kier molecular flexibility index (Phi) is 7.29. The van der Waals surface area contributed by atoms with Crippen molar-refractivity contribution in [3.05, 3.63) is 34.1 Å². The third-order valence-corrected chi connectivity index (χ3v) is 4.22. The van der Waals surface area contributed by atoms with E-state index in [9.17, 15) is 14.7 Å². The van der Waals surface area contributed by atoms with Crippen LogP contribution in [0.3, 0.4) is 0 Å². The Balaban J connectivity index is 1.75. The molecule has 1 saturated heterocycles. The van der Waals surface area contributed by atoms with Gasteiger partial charge in [0.1, 0.15) is 6.61 Å². The van der Waals surface area contributed by atoms with Gasteiger partial charge in [-0.15, -0.1) is 0 Å². The molecule has 0 aliphatic carbocycles. The van der Waals surface area contributed by atoms with Crippen molar-refractivity contribution < 1.29 is 19.4 Å². The number of hydrogen-bond acceptors (Lipinski definition) is 4. The summed E-state index contributed by atoms with van der Waals surface area (Å²) in [5, 5.41) is 9.21. The Bertz CT molecular complexity index is 585. The van der Waals surface area contributed by atoms with Gasteiger partial charge in [-0.2, -0.15) is 0 Å². The second-order valence-electron chi connectivity index (χ2n) is 5.33. The van der Waals surface area contributed by atoms with Crippen molar-refractivity contribution in [3.63, 3.8) is 0 Å². The summed E-state index contributed by atoms with van der Waals surface area (Å²) in [5.74, 6) is 0.401. The molecule has 0 radical (unpaired) electrons. The van der Waals surface area contributed by atoms with Crippen LogP contribution >= 0.6 is 22.6 Å². The van der Waals surface area contributed by atoms with E-state index < -0.39 is 6.09 Å². The average molecular weight is 445 g/mol. The lowest BCUT2D eigenvalue weighted by molar-refractivity contribution is -0.125. The number of carbonyl (C=O) groups excluding carboxylic acids is 1. The van der Waals surface area contributed by atoms with Crippen LogP contribution in [-0.4, -0.2) is 64.7 Å². The normalized spacial score (nSPS) is 14.1.